The van der Waals surface area contributed by atoms with Crippen molar-refractivity contribution in [3.8, 4) is 11.3 Å². The molecule has 1 fully saturated rings. The summed E-state index contributed by atoms with van der Waals surface area (Å²) in [4.78, 5) is 24.1. The van der Waals surface area contributed by atoms with Crippen LogP contribution in [-0.2, 0) is 0 Å². The van der Waals surface area contributed by atoms with Crippen LogP contribution in [0, 0.1) is 0 Å². The van der Waals surface area contributed by atoms with Gasteiger partial charge in [-0.3, -0.25) is 9.78 Å². The number of carbonyl (C=O) groups is 1. The van der Waals surface area contributed by atoms with Crippen LogP contribution in [0.4, 0.5) is 11.5 Å². The maximum absolute atomic E-state index is 12.8. The van der Waals surface area contributed by atoms with E-state index in [-0.39, 0.29) is 5.91 Å². The molecule has 0 unspecified atom stereocenters. The molecule has 2 aromatic heterocycles. The summed E-state index contributed by atoms with van der Waals surface area (Å²) in [6.07, 6.45) is 3.39. The summed E-state index contributed by atoms with van der Waals surface area (Å²) < 4.78 is 0. The highest BCUT2D eigenvalue weighted by molar-refractivity contribution is 6.33. The second kappa shape index (κ2) is 8.94. The normalized spacial score (nSPS) is 13.8. The third-order valence-corrected chi connectivity index (χ3v) is 5.93. The van der Waals surface area contributed by atoms with Crippen molar-refractivity contribution in [1.29, 1.82) is 0 Å². The molecule has 2 aromatic carbocycles. The van der Waals surface area contributed by atoms with Crippen molar-refractivity contribution in [3.05, 3.63) is 83.6 Å². The third-order valence-electron chi connectivity index (χ3n) is 5.60. The SMILES string of the molecule is O=C(Nc1ccc(Cl)c(-c2nccc3ccccc23)c1)c1ccc(N2CCNCC2)nc1. The van der Waals surface area contributed by atoms with E-state index in [2.05, 4.69) is 25.5 Å². The molecule has 6 nitrogen and oxygen atoms in total. The predicted molar refractivity (Wildman–Crippen MR) is 129 cm³/mol. The molecule has 4 aromatic rings. The summed E-state index contributed by atoms with van der Waals surface area (Å²) in [7, 11) is 0. The number of rotatable bonds is 4. The first-order chi connectivity index (χ1) is 15.7. The smallest absolute Gasteiger partial charge is 0.257 e. The molecule has 0 radical (unpaired) electrons. The molecule has 0 saturated carbocycles. The van der Waals surface area contributed by atoms with Crippen molar-refractivity contribution in [2.24, 2.45) is 0 Å². The zero-order valence-corrected chi connectivity index (χ0v) is 18.1. The number of fused-ring (bicyclic) bond motifs is 1. The molecule has 5 rings (SSSR count). The molecule has 1 aliphatic rings. The first-order valence-electron chi connectivity index (χ1n) is 10.6. The number of hydrogen-bond donors (Lipinski definition) is 2. The predicted octanol–water partition coefficient (Wildman–Crippen LogP) is 4.61. The van der Waals surface area contributed by atoms with Gasteiger partial charge in [-0.1, -0.05) is 35.9 Å². The number of nitrogens with zero attached hydrogens (tertiary/aromatic N) is 3. The Kier molecular flexibility index (Phi) is 5.71. The largest absolute Gasteiger partial charge is 0.354 e. The van der Waals surface area contributed by atoms with E-state index in [0.29, 0.717) is 16.3 Å². The number of anilines is 2. The minimum atomic E-state index is -0.219. The Morgan fingerprint density at radius 3 is 2.66 bits per heavy atom. The zero-order valence-electron chi connectivity index (χ0n) is 17.4. The lowest BCUT2D eigenvalue weighted by molar-refractivity contribution is 0.102. The third kappa shape index (κ3) is 4.15. The summed E-state index contributed by atoms with van der Waals surface area (Å²) in [5.41, 5.74) is 2.71. The van der Waals surface area contributed by atoms with Gasteiger partial charge in [0.15, 0.2) is 0 Å². The van der Waals surface area contributed by atoms with Gasteiger partial charge in [0.05, 0.1) is 16.3 Å². The molecule has 1 amide bonds. The Morgan fingerprint density at radius 1 is 1.00 bits per heavy atom. The molecule has 3 heterocycles. The van der Waals surface area contributed by atoms with E-state index in [1.807, 2.05) is 48.5 Å². The van der Waals surface area contributed by atoms with Crippen LogP contribution in [0.2, 0.25) is 5.02 Å². The van der Waals surface area contributed by atoms with Gasteiger partial charge in [-0.2, -0.15) is 0 Å². The lowest BCUT2D eigenvalue weighted by Gasteiger charge is -2.28. The van der Waals surface area contributed by atoms with Gasteiger partial charge in [-0.25, -0.2) is 4.98 Å². The molecule has 160 valence electrons. The highest BCUT2D eigenvalue weighted by Gasteiger charge is 2.15. The average molecular weight is 444 g/mol. The Bertz CT molecular complexity index is 1260. The van der Waals surface area contributed by atoms with Gasteiger partial charge in [0, 0.05) is 55.2 Å². The maximum Gasteiger partial charge on any atom is 0.257 e. The van der Waals surface area contributed by atoms with Crippen LogP contribution in [0.25, 0.3) is 22.0 Å². The number of nitrogens with one attached hydrogen (secondary N) is 2. The number of amides is 1. The highest BCUT2D eigenvalue weighted by Crippen LogP contribution is 2.33. The van der Waals surface area contributed by atoms with Crippen LogP contribution in [0.15, 0.2) is 73.1 Å². The molecule has 1 aliphatic heterocycles. The minimum absolute atomic E-state index is 0.219. The van der Waals surface area contributed by atoms with Crippen molar-refractivity contribution in [2.45, 2.75) is 0 Å². The number of hydrogen-bond acceptors (Lipinski definition) is 5. The highest BCUT2D eigenvalue weighted by atomic mass is 35.5. The van der Waals surface area contributed by atoms with Crippen LogP contribution < -0.4 is 15.5 Å². The monoisotopic (exact) mass is 443 g/mol. The fourth-order valence-electron chi connectivity index (χ4n) is 3.92. The molecular formula is C25H22ClN5O. The van der Waals surface area contributed by atoms with Gasteiger partial charge >= 0.3 is 0 Å². The van der Waals surface area contributed by atoms with E-state index < -0.39 is 0 Å². The molecule has 0 spiro atoms. The van der Waals surface area contributed by atoms with Crippen LogP contribution in [0.5, 0.6) is 0 Å². The van der Waals surface area contributed by atoms with Crippen molar-refractivity contribution >= 4 is 39.8 Å². The van der Waals surface area contributed by atoms with Gasteiger partial charge in [-0.15, -0.1) is 0 Å². The molecule has 1 saturated heterocycles. The number of aromatic nitrogens is 2. The Morgan fingerprint density at radius 2 is 1.84 bits per heavy atom. The summed E-state index contributed by atoms with van der Waals surface area (Å²) >= 11 is 6.50. The summed E-state index contributed by atoms with van der Waals surface area (Å²) in [6, 6.07) is 19.1. The molecular weight excluding hydrogens is 422 g/mol. The zero-order chi connectivity index (χ0) is 21.9. The fraction of sp³-hybridized carbons (Fsp3) is 0.160. The van der Waals surface area contributed by atoms with E-state index in [4.69, 9.17) is 11.6 Å². The number of piperazine rings is 1. The maximum atomic E-state index is 12.8. The van der Waals surface area contributed by atoms with Gasteiger partial charge < -0.3 is 15.5 Å². The number of carbonyl (C=O) groups excluding carboxylic acids is 1. The van der Waals surface area contributed by atoms with Crippen molar-refractivity contribution in [2.75, 3.05) is 36.4 Å². The summed E-state index contributed by atoms with van der Waals surface area (Å²) in [5.74, 6) is 0.669. The Balaban J connectivity index is 1.38. The van der Waals surface area contributed by atoms with Crippen molar-refractivity contribution in [1.82, 2.24) is 15.3 Å². The van der Waals surface area contributed by atoms with E-state index in [9.17, 15) is 4.79 Å². The van der Waals surface area contributed by atoms with E-state index >= 15 is 0 Å². The molecule has 0 bridgehead atoms. The average Bonchev–Trinajstić information content (AvgIpc) is 2.85. The summed E-state index contributed by atoms with van der Waals surface area (Å²) in [5, 5.41) is 8.94. The second-order valence-electron chi connectivity index (χ2n) is 7.67. The van der Waals surface area contributed by atoms with E-state index in [0.717, 1.165) is 54.0 Å². The van der Waals surface area contributed by atoms with Crippen LogP contribution in [0.3, 0.4) is 0 Å². The van der Waals surface area contributed by atoms with E-state index in [1.165, 1.54) is 0 Å². The van der Waals surface area contributed by atoms with Crippen LogP contribution >= 0.6 is 11.6 Å². The second-order valence-corrected chi connectivity index (χ2v) is 8.08. The van der Waals surface area contributed by atoms with Gasteiger partial charge in [0.2, 0.25) is 0 Å². The van der Waals surface area contributed by atoms with Crippen molar-refractivity contribution in [3.63, 3.8) is 0 Å². The first kappa shape index (κ1) is 20.4. The van der Waals surface area contributed by atoms with Crippen LogP contribution in [0.1, 0.15) is 10.4 Å². The Hall–Kier alpha value is -3.48. The van der Waals surface area contributed by atoms with E-state index in [1.54, 1.807) is 24.5 Å². The Labute approximate surface area is 191 Å². The quantitative estimate of drug-likeness (QED) is 0.482. The lowest BCUT2D eigenvalue weighted by atomic mass is 10.0. The number of halogens is 1. The number of pyridine rings is 2. The molecule has 0 atom stereocenters. The van der Waals surface area contributed by atoms with Crippen molar-refractivity contribution < 1.29 is 4.79 Å². The first-order valence-corrected chi connectivity index (χ1v) is 10.9. The number of benzene rings is 2. The van der Waals surface area contributed by atoms with Gasteiger partial charge in [0.25, 0.3) is 5.91 Å². The van der Waals surface area contributed by atoms with Crippen LogP contribution in [-0.4, -0.2) is 42.1 Å². The van der Waals surface area contributed by atoms with Gasteiger partial charge in [-0.05, 0) is 41.8 Å². The standard InChI is InChI=1S/C25H22ClN5O/c26-22-7-6-19(15-21(22)24-20-4-2-1-3-17(20)9-10-28-24)30-25(32)18-5-8-23(29-16-18)31-13-11-27-12-14-31/h1-10,15-16,27H,11-14H2,(H,30,32). The molecule has 32 heavy (non-hydrogen) atoms. The molecule has 7 heteroatoms. The lowest BCUT2D eigenvalue weighted by Crippen LogP contribution is -2.43. The fourth-order valence-corrected chi connectivity index (χ4v) is 4.13. The minimum Gasteiger partial charge on any atom is -0.354 e. The summed E-state index contributed by atoms with van der Waals surface area (Å²) in [6.45, 7) is 3.70. The van der Waals surface area contributed by atoms with Gasteiger partial charge in [0.1, 0.15) is 5.82 Å². The molecule has 2 N–H and O–H groups in total. The molecule has 0 aliphatic carbocycles. The topological polar surface area (TPSA) is 70.2 Å².